The number of benzene rings is 1. The van der Waals surface area contributed by atoms with Crippen LogP contribution >= 0.6 is 0 Å². The van der Waals surface area contributed by atoms with Crippen molar-refractivity contribution in [2.24, 2.45) is 11.3 Å². The molecule has 1 aromatic rings. The highest BCUT2D eigenvalue weighted by molar-refractivity contribution is 5.25. The molecule has 118 valence electrons. The van der Waals surface area contributed by atoms with Crippen LogP contribution in [0.3, 0.4) is 0 Å². The molecule has 0 amide bonds. The van der Waals surface area contributed by atoms with E-state index < -0.39 is 11.6 Å². The predicted molar refractivity (Wildman–Crippen MR) is 80.4 cm³/mol. The quantitative estimate of drug-likeness (QED) is 0.905. The second-order valence-electron chi connectivity index (χ2n) is 6.98. The van der Waals surface area contributed by atoms with Gasteiger partial charge in [-0.25, -0.2) is 4.39 Å². The van der Waals surface area contributed by atoms with Gasteiger partial charge in [-0.3, -0.25) is 0 Å². The first kappa shape index (κ1) is 16.2. The number of halogens is 2. The van der Waals surface area contributed by atoms with E-state index in [0.29, 0.717) is 5.92 Å². The van der Waals surface area contributed by atoms with Crippen LogP contribution < -0.4 is 10.1 Å². The Kier molecular flexibility index (Phi) is 4.87. The Bertz CT molecular complexity index is 484. The molecule has 1 aliphatic carbocycles. The smallest absolute Gasteiger partial charge is 0.200 e. The molecule has 0 aromatic heterocycles. The summed E-state index contributed by atoms with van der Waals surface area (Å²) in [5, 5.41) is 3.24. The van der Waals surface area contributed by atoms with E-state index in [0.717, 1.165) is 25.3 Å². The standard InChI is InChI=1S/C17H25F2NO/c1-17(2,3)11-8-9-13(20-4)15(10-11)21-14-7-5-6-12(18)16(14)19/h5-7,11,13,15,20H,8-10H2,1-4H3. The van der Waals surface area contributed by atoms with Gasteiger partial charge in [-0.05, 0) is 49.8 Å². The van der Waals surface area contributed by atoms with E-state index in [-0.39, 0.29) is 23.3 Å². The van der Waals surface area contributed by atoms with Crippen LogP contribution in [0.15, 0.2) is 18.2 Å². The first-order valence-corrected chi connectivity index (χ1v) is 7.61. The molecule has 3 unspecified atom stereocenters. The minimum atomic E-state index is -0.898. The van der Waals surface area contributed by atoms with Gasteiger partial charge in [0.1, 0.15) is 6.10 Å². The maximum absolute atomic E-state index is 13.8. The Labute approximate surface area is 125 Å². The summed E-state index contributed by atoms with van der Waals surface area (Å²) in [5.74, 6) is -1.24. The van der Waals surface area contributed by atoms with Crippen molar-refractivity contribution in [3.05, 3.63) is 29.8 Å². The number of hydrogen-bond acceptors (Lipinski definition) is 2. The van der Waals surface area contributed by atoms with Crippen LogP contribution in [0.5, 0.6) is 5.75 Å². The lowest BCUT2D eigenvalue weighted by Crippen LogP contribution is -2.47. The number of hydrogen-bond donors (Lipinski definition) is 1. The van der Waals surface area contributed by atoms with Crippen molar-refractivity contribution in [1.29, 1.82) is 0 Å². The van der Waals surface area contributed by atoms with Gasteiger partial charge in [0.25, 0.3) is 0 Å². The van der Waals surface area contributed by atoms with Crippen molar-refractivity contribution >= 4 is 0 Å². The molecule has 0 radical (unpaired) electrons. The van der Waals surface area contributed by atoms with Crippen molar-refractivity contribution in [3.8, 4) is 5.75 Å². The van der Waals surface area contributed by atoms with E-state index in [2.05, 4.69) is 26.1 Å². The monoisotopic (exact) mass is 297 g/mol. The maximum atomic E-state index is 13.8. The molecule has 1 aromatic carbocycles. The van der Waals surface area contributed by atoms with Crippen molar-refractivity contribution in [3.63, 3.8) is 0 Å². The molecule has 4 heteroatoms. The second-order valence-corrected chi connectivity index (χ2v) is 6.98. The highest BCUT2D eigenvalue weighted by Crippen LogP contribution is 2.39. The van der Waals surface area contributed by atoms with Gasteiger partial charge < -0.3 is 10.1 Å². The van der Waals surface area contributed by atoms with Gasteiger partial charge in [0, 0.05) is 6.04 Å². The Hall–Kier alpha value is -1.16. The van der Waals surface area contributed by atoms with Gasteiger partial charge in [-0.1, -0.05) is 26.8 Å². The molecule has 21 heavy (non-hydrogen) atoms. The normalized spacial score (nSPS) is 26.7. The number of rotatable bonds is 3. The Morgan fingerprint density at radius 1 is 1.19 bits per heavy atom. The first-order valence-electron chi connectivity index (χ1n) is 7.61. The summed E-state index contributed by atoms with van der Waals surface area (Å²) in [4.78, 5) is 0. The molecule has 3 atom stereocenters. The van der Waals surface area contributed by atoms with Crippen LogP contribution in [0.4, 0.5) is 8.78 Å². The molecule has 0 heterocycles. The maximum Gasteiger partial charge on any atom is 0.200 e. The Morgan fingerprint density at radius 2 is 1.90 bits per heavy atom. The van der Waals surface area contributed by atoms with Gasteiger partial charge in [-0.15, -0.1) is 0 Å². The first-order chi connectivity index (χ1) is 9.82. The highest BCUT2D eigenvalue weighted by Gasteiger charge is 2.36. The van der Waals surface area contributed by atoms with E-state index in [4.69, 9.17) is 4.74 Å². The molecule has 0 saturated heterocycles. The third-order valence-corrected chi connectivity index (χ3v) is 4.58. The summed E-state index contributed by atoms with van der Waals surface area (Å²) in [7, 11) is 1.89. The van der Waals surface area contributed by atoms with Gasteiger partial charge in [-0.2, -0.15) is 4.39 Å². The fraction of sp³-hybridized carbons (Fsp3) is 0.647. The van der Waals surface area contributed by atoms with Crippen LogP contribution in [0.1, 0.15) is 40.0 Å². The summed E-state index contributed by atoms with van der Waals surface area (Å²) in [6.07, 6.45) is 2.83. The molecule has 2 rings (SSSR count). The third kappa shape index (κ3) is 3.73. The van der Waals surface area contributed by atoms with E-state index in [1.54, 1.807) is 0 Å². The average Bonchev–Trinajstić information content (AvgIpc) is 2.43. The minimum absolute atomic E-state index is 0.00908. The zero-order valence-electron chi connectivity index (χ0n) is 13.2. The number of likely N-dealkylation sites (N-methyl/N-ethyl adjacent to an activating group) is 1. The van der Waals surface area contributed by atoms with Gasteiger partial charge in [0.05, 0.1) is 0 Å². The Balaban J connectivity index is 2.16. The molecular formula is C17H25F2NO. The molecule has 2 nitrogen and oxygen atoms in total. The second kappa shape index (κ2) is 6.30. The summed E-state index contributed by atoms with van der Waals surface area (Å²) in [5.41, 5.74) is 0.195. The zero-order valence-corrected chi connectivity index (χ0v) is 13.2. The van der Waals surface area contributed by atoms with E-state index in [9.17, 15) is 8.78 Å². The topological polar surface area (TPSA) is 21.3 Å². The molecule has 1 aliphatic rings. The van der Waals surface area contributed by atoms with E-state index >= 15 is 0 Å². The Morgan fingerprint density at radius 3 is 2.52 bits per heavy atom. The summed E-state index contributed by atoms with van der Waals surface area (Å²) in [6.45, 7) is 6.66. The molecule has 0 aliphatic heterocycles. The van der Waals surface area contributed by atoms with Crippen LogP contribution in [0.25, 0.3) is 0 Å². The molecule has 1 N–H and O–H groups in total. The zero-order chi connectivity index (χ0) is 15.6. The van der Waals surface area contributed by atoms with Crippen LogP contribution in [-0.2, 0) is 0 Å². The van der Waals surface area contributed by atoms with E-state index in [1.807, 2.05) is 7.05 Å². The molecule has 0 bridgehead atoms. The number of ether oxygens (including phenoxy) is 1. The molecular weight excluding hydrogens is 272 g/mol. The molecule has 1 saturated carbocycles. The summed E-state index contributed by atoms with van der Waals surface area (Å²) >= 11 is 0. The van der Waals surface area contributed by atoms with Crippen LogP contribution in [-0.4, -0.2) is 19.2 Å². The minimum Gasteiger partial charge on any atom is -0.486 e. The van der Waals surface area contributed by atoms with Crippen molar-refractivity contribution < 1.29 is 13.5 Å². The SMILES string of the molecule is CNC1CCC(C(C)(C)C)CC1Oc1cccc(F)c1F. The van der Waals surface area contributed by atoms with E-state index in [1.165, 1.54) is 12.1 Å². The fourth-order valence-electron chi connectivity index (χ4n) is 3.11. The highest BCUT2D eigenvalue weighted by atomic mass is 19.2. The molecule has 1 fully saturated rings. The fourth-order valence-corrected chi connectivity index (χ4v) is 3.11. The van der Waals surface area contributed by atoms with Gasteiger partial charge in [0.2, 0.25) is 5.82 Å². The lowest BCUT2D eigenvalue weighted by Gasteiger charge is -2.41. The van der Waals surface area contributed by atoms with Crippen molar-refractivity contribution in [1.82, 2.24) is 5.32 Å². The lowest BCUT2D eigenvalue weighted by molar-refractivity contribution is 0.0468. The van der Waals surface area contributed by atoms with Crippen molar-refractivity contribution in [2.45, 2.75) is 52.2 Å². The average molecular weight is 297 g/mol. The largest absolute Gasteiger partial charge is 0.486 e. The summed E-state index contributed by atoms with van der Waals surface area (Å²) in [6, 6.07) is 4.25. The van der Waals surface area contributed by atoms with Crippen LogP contribution in [0, 0.1) is 23.0 Å². The van der Waals surface area contributed by atoms with Gasteiger partial charge in [0.15, 0.2) is 11.6 Å². The lowest BCUT2D eigenvalue weighted by atomic mass is 9.70. The van der Waals surface area contributed by atoms with Crippen LogP contribution in [0.2, 0.25) is 0 Å². The number of nitrogens with one attached hydrogen (secondary N) is 1. The predicted octanol–water partition coefficient (Wildman–Crippen LogP) is 4.15. The van der Waals surface area contributed by atoms with Crippen molar-refractivity contribution in [2.75, 3.05) is 7.05 Å². The summed E-state index contributed by atoms with van der Waals surface area (Å²) < 4.78 is 32.9. The van der Waals surface area contributed by atoms with Gasteiger partial charge >= 0.3 is 0 Å². The third-order valence-electron chi connectivity index (χ3n) is 4.58. The molecule has 0 spiro atoms.